The highest BCUT2D eigenvalue weighted by Crippen LogP contribution is 2.28. The number of carbonyl (C=O) groups is 2. The van der Waals surface area contributed by atoms with Gasteiger partial charge in [-0.15, -0.1) is 0 Å². The number of nitrogens with zero attached hydrogens (tertiary/aromatic N) is 1. The van der Waals surface area contributed by atoms with Crippen LogP contribution in [0.5, 0.6) is 11.5 Å². The third-order valence-electron chi connectivity index (χ3n) is 4.84. The summed E-state index contributed by atoms with van der Waals surface area (Å²) in [7, 11) is 4.66. The number of halogens is 1. The van der Waals surface area contributed by atoms with E-state index in [0.717, 1.165) is 11.1 Å². The van der Waals surface area contributed by atoms with E-state index in [1.807, 2.05) is 18.2 Å². The third kappa shape index (κ3) is 7.15. The molecule has 0 bridgehead atoms. The first kappa shape index (κ1) is 24.5. The second kappa shape index (κ2) is 12.2. The second-order valence-corrected chi connectivity index (χ2v) is 7.41. The smallest absolute Gasteiger partial charge is 0.242 e. The molecule has 0 aliphatic rings. The fourth-order valence-corrected chi connectivity index (χ4v) is 3.19. The van der Waals surface area contributed by atoms with Crippen molar-refractivity contribution in [1.29, 1.82) is 0 Å². The van der Waals surface area contributed by atoms with E-state index < -0.39 is 6.04 Å². The Balaban J connectivity index is 2.22. The van der Waals surface area contributed by atoms with Gasteiger partial charge in [0.15, 0.2) is 11.5 Å². The average Bonchev–Trinajstić information content (AvgIpc) is 2.78. The molecule has 0 spiro atoms. The van der Waals surface area contributed by atoms with Crippen LogP contribution in [0.4, 0.5) is 0 Å². The molecule has 2 aromatic carbocycles. The molecule has 0 saturated heterocycles. The van der Waals surface area contributed by atoms with Gasteiger partial charge in [-0.3, -0.25) is 9.59 Å². The first-order valence-electron chi connectivity index (χ1n) is 9.91. The zero-order chi connectivity index (χ0) is 22.8. The summed E-state index contributed by atoms with van der Waals surface area (Å²) >= 11 is 5.98. The van der Waals surface area contributed by atoms with Crippen LogP contribution in [0.3, 0.4) is 0 Å². The fraction of sp³-hybridized carbons (Fsp3) is 0.391. The maximum absolute atomic E-state index is 13.2. The van der Waals surface area contributed by atoms with Crippen LogP contribution in [0.15, 0.2) is 42.5 Å². The highest BCUT2D eigenvalue weighted by Gasteiger charge is 2.26. The van der Waals surface area contributed by atoms with Crippen molar-refractivity contribution < 1.29 is 23.8 Å². The number of hydrogen-bond acceptors (Lipinski definition) is 5. The van der Waals surface area contributed by atoms with Crippen molar-refractivity contribution in [3.63, 3.8) is 0 Å². The lowest BCUT2D eigenvalue weighted by molar-refractivity contribution is -0.140. The van der Waals surface area contributed by atoms with Gasteiger partial charge in [0.1, 0.15) is 6.04 Å². The van der Waals surface area contributed by atoms with Crippen LogP contribution in [0, 0.1) is 0 Å². The average molecular weight is 449 g/mol. The normalized spacial score (nSPS) is 11.5. The lowest BCUT2D eigenvalue weighted by Crippen LogP contribution is -2.48. The summed E-state index contributed by atoms with van der Waals surface area (Å²) in [5.41, 5.74) is 1.64. The predicted octanol–water partition coefficient (Wildman–Crippen LogP) is 3.08. The molecular weight excluding hydrogens is 420 g/mol. The molecule has 0 fully saturated rings. The zero-order valence-corrected chi connectivity index (χ0v) is 19.1. The Bertz CT molecular complexity index is 873. The molecule has 2 aromatic rings. The molecule has 0 aliphatic heterocycles. The summed E-state index contributed by atoms with van der Waals surface area (Å²) in [4.78, 5) is 27.4. The standard InChI is InChI=1S/C23H29ClN2O5/c1-16(23(28)25-11-12-29-2)26(15-17-5-8-19(24)9-6-17)22(27)14-18-7-10-20(30-3)21(13-18)31-4/h5-10,13,16H,11-12,14-15H2,1-4H3,(H,25,28). The minimum Gasteiger partial charge on any atom is -0.493 e. The lowest BCUT2D eigenvalue weighted by Gasteiger charge is -2.29. The Morgan fingerprint density at radius 2 is 1.65 bits per heavy atom. The first-order chi connectivity index (χ1) is 14.9. The molecule has 0 saturated carbocycles. The Hall–Kier alpha value is -2.77. The van der Waals surface area contributed by atoms with E-state index in [9.17, 15) is 9.59 Å². The van der Waals surface area contributed by atoms with Gasteiger partial charge in [-0.05, 0) is 42.3 Å². The number of benzene rings is 2. The van der Waals surface area contributed by atoms with Gasteiger partial charge in [-0.1, -0.05) is 29.8 Å². The van der Waals surface area contributed by atoms with Crippen molar-refractivity contribution in [3.05, 3.63) is 58.6 Å². The van der Waals surface area contributed by atoms with Crippen LogP contribution < -0.4 is 14.8 Å². The molecular formula is C23H29ClN2O5. The lowest BCUT2D eigenvalue weighted by atomic mass is 10.1. The summed E-state index contributed by atoms with van der Waals surface area (Å²) in [5, 5.41) is 3.40. The van der Waals surface area contributed by atoms with Crippen LogP contribution in [-0.2, 0) is 27.3 Å². The quantitative estimate of drug-likeness (QED) is 0.534. The zero-order valence-electron chi connectivity index (χ0n) is 18.3. The molecule has 168 valence electrons. The Morgan fingerprint density at radius 1 is 1.00 bits per heavy atom. The molecule has 8 heteroatoms. The van der Waals surface area contributed by atoms with Crippen molar-refractivity contribution in [2.75, 3.05) is 34.5 Å². The van der Waals surface area contributed by atoms with Crippen molar-refractivity contribution >= 4 is 23.4 Å². The molecule has 0 radical (unpaired) electrons. The molecule has 2 amide bonds. The number of hydrogen-bond donors (Lipinski definition) is 1. The summed E-state index contributed by atoms with van der Waals surface area (Å²) in [6.45, 7) is 2.76. The summed E-state index contributed by atoms with van der Waals surface area (Å²) in [6.07, 6.45) is 0.115. The number of ether oxygens (including phenoxy) is 3. The molecule has 0 aliphatic carbocycles. The number of nitrogens with one attached hydrogen (secondary N) is 1. The minimum absolute atomic E-state index is 0.115. The van der Waals surface area contributed by atoms with Crippen LogP contribution >= 0.6 is 11.6 Å². The predicted molar refractivity (Wildman–Crippen MR) is 120 cm³/mol. The van der Waals surface area contributed by atoms with Gasteiger partial charge >= 0.3 is 0 Å². The largest absolute Gasteiger partial charge is 0.493 e. The molecule has 1 N–H and O–H groups in total. The molecule has 2 rings (SSSR count). The molecule has 1 unspecified atom stereocenters. The van der Waals surface area contributed by atoms with Gasteiger partial charge in [0, 0.05) is 25.2 Å². The van der Waals surface area contributed by atoms with E-state index in [0.29, 0.717) is 29.7 Å². The van der Waals surface area contributed by atoms with Crippen molar-refractivity contribution in [3.8, 4) is 11.5 Å². The van der Waals surface area contributed by atoms with E-state index in [1.54, 1.807) is 57.4 Å². The summed E-state index contributed by atoms with van der Waals surface area (Å²) in [5.74, 6) is 0.702. The second-order valence-electron chi connectivity index (χ2n) is 6.97. The Morgan fingerprint density at radius 3 is 2.26 bits per heavy atom. The summed E-state index contributed by atoms with van der Waals surface area (Å²) in [6, 6.07) is 11.9. The topological polar surface area (TPSA) is 77.1 Å². The number of methoxy groups -OCH3 is 3. The van der Waals surface area contributed by atoms with Crippen molar-refractivity contribution in [1.82, 2.24) is 10.2 Å². The molecule has 1 atom stereocenters. The van der Waals surface area contributed by atoms with Gasteiger partial charge in [0.2, 0.25) is 11.8 Å². The van der Waals surface area contributed by atoms with E-state index in [1.165, 1.54) is 0 Å². The van der Waals surface area contributed by atoms with Gasteiger partial charge in [-0.2, -0.15) is 0 Å². The highest BCUT2D eigenvalue weighted by molar-refractivity contribution is 6.30. The highest BCUT2D eigenvalue weighted by atomic mass is 35.5. The van der Waals surface area contributed by atoms with E-state index in [4.69, 9.17) is 25.8 Å². The minimum atomic E-state index is -0.667. The van der Waals surface area contributed by atoms with E-state index >= 15 is 0 Å². The van der Waals surface area contributed by atoms with Crippen LogP contribution in [0.1, 0.15) is 18.1 Å². The van der Waals surface area contributed by atoms with E-state index in [-0.39, 0.29) is 24.8 Å². The van der Waals surface area contributed by atoms with E-state index in [2.05, 4.69) is 5.32 Å². The van der Waals surface area contributed by atoms with Gasteiger partial charge in [-0.25, -0.2) is 0 Å². The monoisotopic (exact) mass is 448 g/mol. The maximum Gasteiger partial charge on any atom is 0.242 e. The van der Waals surface area contributed by atoms with Gasteiger partial charge in [0.05, 0.1) is 27.2 Å². The Kier molecular flexibility index (Phi) is 9.62. The van der Waals surface area contributed by atoms with Crippen molar-refractivity contribution in [2.45, 2.75) is 25.9 Å². The fourth-order valence-electron chi connectivity index (χ4n) is 3.06. The molecule has 7 nitrogen and oxygen atoms in total. The number of amides is 2. The molecule has 0 aromatic heterocycles. The third-order valence-corrected chi connectivity index (χ3v) is 5.09. The summed E-state index contributed by atoms with van der Waals surface area (Å²) < 4.78 is 15.6. The number of carbonyl (C=O) groups excluding carboxylic acids is 2. The van der Waals surface area contributed by atoms with Gasteiger partial charge in [0.25, 0.3) is 0 Å². The maximum atomic E-state index is 13.2. The number of rotatable bonds is 11. The van der Waals surface area contributed by atoms with Crippen LogP contribution in [0.2, 0.25) is 5.02 Å². The first-order valence-corrected chi connectivity index (χ1v) is 10.3. The SMILES string of the molecule is COCCNC(=O)C(C)N(Cc1ccc(Cl)cc1)C(=O)Cc1ccc(OC)c(OC)c1. The Labute approximate surface area is 188 Å². The van der Waals surface area contributed by atoms with Crippen LogP contribution in [-0.4, -0.2) is 57.2 Å². The van der Waals surface area contributed by atoms with Crippen LogP contribution in [0.25, 0.3) is 0 Å². The van der Waals surface area contributed by atoms with Crippen molar-refractivity contribution in [2.24, 2.45) is 0 Å². The molecule has 31 heavy (non-hydrogen) atoms. The molecule has 0 heterocycles. The van der Waals surface area contributed by atoms with Gasteiger partial charge < -0.3 is 24.4 Å².